The van der Waals surface area contributed by atoms with E-state index in [0.29, 0.717) is 28.5 Å². The lowest BCUT2D eigenvalue weighted by Gasteiger charge is -2.35. The molecule has 0 aliphatic rings. The number of aryl methyl sites for hydroxylation is 1. The Labute approximate surface area is 519 Å². The molecule has 0 saturated heterocycles. The first-order chi connectivity index (χ1) is 44.0. The van der Waals surface area contributed by atoms with Gasteiger partial charge in [-0.2, -0.15) is 0 Å². The summed E-state index contributed by atoms with van der Waals surface area (Å²) in [6.45, 7) is 11.4. The molecule has 6 nitrogen and oxygen atoms in total. The molecule has 0 bridgehead atoms. The van der Waals surface area contributed by atoms with Crippen molar-refractivity contribution in [2.45, 2.75) is 59.2 Å². The number of hydrogen-bond donors (Lipinski definition) is 0. The Bertz CT molecular complexity index is 5190. The number of rotatable bonds is 11. The van der Waals surface area contributed by atoms with Crippen LogP contribution in [0.15, 0.2) is 278 Å². The number of benzene rings is 11. The SMILES string of the molecule is [2H]C([2H])([2H])c1cc(-n2c3ccccc3c3ccc(Oc4cccc(-n5[c-][n+](-c6c(-c7cccc([Si](c8ccccc8)(c8ccccc8)c8ccccc8)c7)cc(C(C)(C)C)cc6C(C)(C)C)c6ccccc65)c4)cc32)ncc1-c1cccc2oc3ccccc3c12. The monoisotopic (exact) mass is 1160 g/mol. The fourth-order valence-corrected chi connectivity index (χ4v) is 18.2. The minimum atomic E-state index is -2.91. The van der Waals surface area contributed by atoms with Crippen LogP contribution < -0.4 is 30.1 Å². The van der Waals surface area contributed by atoms with E-state index in [2.05, 4.69) is 233 Å². The number of imidazole rings is 1. The van der Waals surface area contributed by atoms with Crippen LogP contribution in [0.4, 0.5) is 0 Å². The highest BCUT2D eigenvalue weighted by molar-refractivity contribution is 7.19. The van der Waals surface area contributed by atoms with E-state index in [1.54, 1.807) is 12.3 Å². The molecule has 4 heterocycles. The lowest BCUT2D eigenvalue weighted by Crippen LogP contribution is -2.74. The minimum Gasteiger partial charge on any atom is -0.458 e. The quantitative estimate of drug-likeness (QED) is 0.0561. The number of hydrogen-bond acceptors (Lipinski definition) is 3. The summed E-state index contributed by atoms with van der Waals surface area (Å²) in [7, 11) is -2.91. The van der Waals surface area contributed by atoms with Crippen molar-refractivity contribution >= 4 is 83.6 Å². The first-order valence-electron chi connectivity index (χ1n) is 31.7. The van der Waals surface area contributed by atoms with Crippen LogP contribution in [0.1, 0.15) is 62.3 Å². The number of ether oxygens (including phenoxy) is 1. The fraction of sp³-hybridized carbons (Fsp3) is 0.111. The lowest BCUT2D eigenvalue weighted by molar-refractivity contribution is -0.572. The first-order valence-corrected chi connectivity index (χ1v) is 32.2. The molecular weight excluding hydrogens is 1090 g/mol. The van der Waals surface area contributed by atoms with Gasteiger partial charge in [-0.25, -0.2) is 4.98 Å². The third-order valence-corrected chi connectivity index (χ3v) is 22.3. The number of nitrogens with zero attached hydrogens (tertiary/aromatic N) is 4. The molecule has 0 atom stereocenters. The first kappa shape index (κ1) is 50.9. The van der Waals surface area contributed by atoms with Crippen molar-refractivity contribution in [3.63, 3.8) is 0 Å². The topological polar surface area (TPSA) is 49.0 Å². The van der Waals surface area contributed by atoms with Crippen LogP contribution >= 0.6 is 0 Å². The second-order valence-electron chi connectivity index (χ2n) is 25.1. The third-order valence-electron chi connectivity index (χ3n) is 17.6. The Morgan fingerprint density at radius 1 is 0.489 bits per heavy atom. The van der Waals surface area contributed by atoms with E-state index < -0.39 is 14.9 Å². The van der Waals surface area contributed by atoms with Crippen LogP contribution in [0.25, 0.3) is 94.2 Å². The molecule has 0 amide bonds. The highest BCUT2D eigenvalue weighted by Gasteiger charge is 2.42. The molecule has 0 aliphatic heterocycles. The Hall–Kier alpha value is -10.3. The largest absolute Gasteiger partial charge is 0.458 e. The summed E-state index contributed by atoms with van der Waals surface area (Å²) < 4.78 is 46.4. The minimum absolute atomic E-state index is 0.162. The number of pyridine rings is 1. The molecule has 11 aromatic carbocycles. The maximum Gasteiger partial charge on any atom is 0.269 e. The third kappa shape index (κ3) is 9.15. The molecular formula is C81H66N4O2Si. The average molecular weight is 1160 g/mol. The molecule has 15 rings (SSSR count). The molecule has 88 heavy (non-hydrogen) atoms. The zero-order valence-corrected chi connectivity index (χ0v) is 51.1. The standard InChI is InChI=1S/C81H66N4O2Si/c1-54-46-77(82-52-69(54)66-38-25-43-76-78(66)67-37-18-22-42-75(67)87-76)85-71-39-19-17-36-64(71)65-45-44-59(51-74(65)85)86-58-28-24-27-57(50-58)83-53-84(73-41-21-20-40-72(73)83)79-68(48-56(80(2,3)4)49-70(79)81(5,6)7)55-26-23-35-63(47-55)88(60-29-11-8-12-30-60,61-31-13-9-14-32-61)62-33-15-10-16-34-62/h8-52H,1-7H3/i1D3. The Balaban J connectivity index is 0.856. The molecule has 15 aromatic rings. The smallest absolute Gasteiger partial charge is 0.269 e. The molecule has 0 spiro atoms. The Morgan fingerprint density at radius 2 is 1.10 bits per heavy atom. The molecule has 0 unspecified atom stereocenters. The van der Waals surface area contributed by atoms with E-state index in [9.17, 15) is 0 Å². The maximum absolute atomic E-state index is 8.93. The van der Waals surface area contributed by atoms with Gasteiger partial charge in [0, 0.05) is 43.5 Å². The van der Waals surface area contributed by atoms with Gasteiger partial charge >= 0.3 is 0 Å². The predicted octanol–water partition coefficient (Wildman–Crippen LogP) is 17.5. The van der Waals surface area contributed by atoms with Crippen molar-refractivity contribution in [2.75, 3.05) is 0 Å². The van der Waals surface area contributed by atoms with Gasteiger partial charge in [-0.05, 0) is 126 Å². The summed E-state index contributed by atoms with van der Waals surface area (Å²) in [5.41, 5.74) is 12.8. The number of fused-ring (bicyclic) bond motifs is 7. The molecule has 7 heteroatoms. The van der Waals surface area contributed by atoms with Gasteiger partial charge in [0.2, 0.25) is 0 Å². The van der Waals surface area contributed by atoms with E-state index in [1.165, 1.54) is 31.9 Å². The molecule has 0 N–H and O–H groups in total. The van der Waals surface area contributed by atoms with Gasteiger partial charge in [0.1, 0.15) is 28.5 Å². The van der Waals surface area contributed by atoms with Gasteiger partial charge < -0.3 is 9.15 Å². The zero-order valence-electron chi connectivity index (χ0n) is 53.1. The second-order valence-corrected chi connectivity index (χ2v) is 28.9. The van der Waals surface area contributed by atoms with Crippen LogP contribution in [0.3, 0.4) is 0 Å². The van der Waals surface area contributed by atoms with Crippen molar-refractivity contribution < 1.29 is 17.8 Å². The Kier molecular flexibility index (Phi) is 12.3. The molecule has 0 fully saturated rings. The lowest BCUT2D eigenvalue weighted by atomic mass is 9.77. The second kappa shape index (κ2) is 21.3. The number of aromatic nitrogens is 4. The number of para-hydroxylation sites is 4. The molecule has 426 valence electrons. The molecule has 0 saturated carbocycles. The summed E-state index contributed by atoms with van der Waals surface area (Å²) in [6.07, 6.45) is 5.66. The van der Waals surface area contributed by atoms with Gasteiger partial charge in [0.05, 0.1) is 33.4 Å². The van der Waals surface area contributed by atoms with Crippen LogP contribution in [-0.2, 0) is 10.8 Å². The molecule has 0 aliphatic carbocycles. The van der Waals surface area contributed by atoms with Gasteiger partial charge in [-0.15, -0.1) is 0 Å². The van der Waals surface area contributed by atoms with Crippen LogP contribution in [0, 0.1) is 13.2 Å². The summed E-state index contributed by atoms with van der Waals surface area (Å²) in [5.74, 6) is 1.72. The highest BCUT2D eigenvalue weighted by atomic mass is 28.3. The fourth-order valence-electron chi connectivity index (χ4n) is 13.4. The predicted molar refractivity (Wildman–Crippen MR) is 366 cm³/mol. The summed E-state index contributed by atoms with van der Waals surface area (Å²) in [4.78, 5) is 5.09. The summed E-state index contributed by atoms with van der Waals surface area (Å²) >= 11 is 0. The van der Waals surface area contributed by atoms with Crippen molar-refractivity contribution in [2.24, 2.45) is 0 Å². The van der Waals surface area contributed by atoms with Crippen molar-refractivity contribution in [3.8, 4) is 50.9 Å². The average Bonchev–Trinajstić information content (AvgIpc) is 1.03. The summed E-state index contributed by atoms with van der Waals surface area (Å²) in [5, 5.41) is 9.02. The van der Waals surface area contributed by atoms with Gasteiger partial charge in [0.25, 0.3) is 6.33 Å². The summed E-state index contributed by atoms with van der Waals surface area (Å²) in [6, 6.07) is 94.0. The van der Waals surface area contributed by atoms with E-state index >= 15 is 0 Å². The molecule has 4 aromatic heterocycles. The van der Waals surface area contributed by atoms with Crippen LogP contribution in [0.2, 0.25) is 0 Å². The molecule has 0 radical (unpaired) electrons. The van der Waals surface area contributed by atoms with Crippen LogP contribution in [0.5, 0.6) is 11.5 Å². The normalized spacial score (nSPS) is 12.9. The van der Waals surface area contributed by atoms with Crippen molar-refractivity contribution in [3.05, 3.63) is 296 Å². The van der Waals surface area contributed by atoms with E-state index in [-0.39, 0.29) is 16.4 Å². The van der Waals surface area contributed by atoms with Crippen molar-refractivity contribution in [1.29, 1.82) is 0 Å². The van der Waals surface area contributed by atoms with E-state index in [1.807, 2.05) is 89.5 Å². The zero-order chi connectivity index (χ0) is 62.4. The Morgan fingerprint density at radius 3 is 1.82 bits per heavy atom. The van der Waals surface area contributed by atoms with E-state index in [0.717, 1.165) is 77.3 Å². The highest BCUT2D eigenvalue weighted by Crippen LogP contribution is 2.42. The van der Waals surface area contributed by atoms with Gasteiger partial charge in [-0.3, -0.25) is 13.7 Å². The van der Waals surface area contributed by atoms with Crippen molar-refractivity contribution in [1.82, 2.24) is 14.1 Å². The van der Waals surface area contributed by atoms with Gasteiger partial charge in [0.15, 0.2) is 8.07 Å². The number of furan rings is 1. The maximum atomic E-state index is 8.93. The van der Waals surface area contributed by atoms with E-state index in [4.69, 9.17) is 18.3 Å². The van der Waals surface area contributed by atoms with Crippen LogP contribution in [-0.4, -0.2) is 22.2 Å². The van der Waals surface area contributed by atoms with Gasteiger partial charge in [-0.1, -0.05) is 248 Å².